The molecule has 0 saturated heterocycles. The van der Waals surface area contributed by atoms with E-state index in [9.17, 15) is 48.3 Å². The van der Waals surface area contributed by atoms with Crippen LogP contribution in [-0.2, 0) is 88.4 Å². The lowest BCUT2D eigenvalue weighted by atomic mass is 10.0. The number of amides is 8. The van der Waals surface area contributed by atoms with Gasteiger partial charge in [0, 0.05) is 77.5 Å². The fourth-order valence-corrected chi connectivity index (χ4v) is 10.6. The maximum Gasteiger partial charge on any atom is 0.303 e. The van der Waals surface area contributed by atoms with Crippen molar-refractivity contribution in [3.63, 3.8) is 0 Å². The number of aromatic hydroxyl groups is 1. The number of carboxylic acids is 1. The maximum atomic E-state index is 12.6. The van der Waals surface area contributed by atoms with Crippen molar-refractivity contribution >= 4 is 53.2 Å². The van der Waals surface area contributed by atoms with Gasteiger partial charge in [0.25, 0.3) is 0 Å². The minimum absolute atomic E-state index is 0. The Hall–Kier alpha value is -9.01. The van der Waals surface area contributed by atoms with Gasteiger partial charge in [-0.3, -0.25) is 64.2 Å². The predicted molar refractivity (Wildman–Crippen MR) is 454 cm³/mol. The van der Waals surface area contributed by atoms with Gasteiger partial charge < -0.3 is 67.0 Å². The summed E-state index contributed by atoms with van der Waals surface area (Å²) >= 11 is 0. The molecule has 0 bridgehead atoms. The first kappa shape index (κ1) is 116. The highest BCUT2D eigenvalue weighted by molar-refractivity contribution is 5.90. The molecule has 664 valence electrons. The number of rotatable bonds is 55. The number of carbonyl (C=O) groups excluding carboxylic acids is 8. The molecule has 0 heterocycles. The normalized spacial score (nSPS) is 11.3. The van der Waals surface area contributed by atoms with E-state index in [0.29, 0.717) is 82.6 Å². The minimum atomic E-state index is -1.09. The van der Waals surface area contributed by atoms with Crippen molar-refractivity contribution in [3.05, 3.63) is 119 Å². The fraction of sp³-hybridized carbons (Fsp3) is 0.616. The van der Waals surface area contributed by atoms with Crippen molar-refractivity contribution in [1.29, 1.82) is 0 Å². The summed E-state index contributed by atoms with van der Waals surface area (Å²) in [7, 11) is 0. The summed E-state index contributed by atoms with van der Waals surface area (Å²) in [4.78, 5) is 125. The van der Waals surface area contributed by atoms with Gasteiger partial charge in [-0.15, -0.1) is 0 Å². The maximum absolute atomic E-state index is 12.6. The van der Waals surface area contributed by atoms with Crippen molar-refractivity contribution in [2.75, 3.05) is 52.6 Å². The molecule has 0 aliphatic carbocycles. The third kappa shape index (κ3) is 57.1. The second-order valence-corrected chi connectivity index (χ2v) is 26.9. The molecule has 30 nitrogen and oxygen atoms in total. The zero-order chi connectivity index (χ0) is 82.4. The van der Waals surface area contributed by atoms with Crippen LogP contribution in [0.5, 0.6) is 23.0 Å². The second kappa shape index (κ2) is 73.6. The molecule has 14 N–H and O–H groups in total. The highest BCUT2D eigenvalue weighted by Gasteiger charge is 2.26. The predicted octanol–water partition coefficient (Wildman–Crippen LogP) is 13.5. The number of benzene rings is 4. The van der Waals surface area contributed by atoms with E-state index >= 15 is 0 Å². The number of unbranched alkanes of at least 4 members (excludes halogenated alkanes) is 8. The third-order valence-corrected chi connectivity index (χ3v) is 16.4. The van der Waals surface area contributed by atoms with E-state index in [1.165, 1.54) is 0 Å². The molecule has 4 aromatic carbocycles. The largest absolute Gasteiger partial charge is 0.508 e. The number of carboxylic acid groups (broad SMARTS) is 1. The quantitative estimate of drug-likeness (QED) is 0.0111. The Morgan fingerprint density at radius 2 is 0.552 bits per heavy atom. The molecular weight excluding hydrogens is 1500 g/mol. The number of phenols is 1. The Labute approximate surface area is 691 Å². The average molecular weight is 1650 g/mol. The van der Waals surface area contributed by atoms with E-state index in [4.69, 9.17) is 40.3 Å². The van der Waals surface area contributed by atoms with Crippen LogP contribution in [0.3, 0.4) is 0 Å². The lowest BCUT2D eigenvalue weighted by molar-refractivity contribution is -0.286. The van der Waals surface area contributed by atoms with Gasteiger partial charge in [-0.2, -0.15) is 0 Å². The molecule has 0 fully saturated rings. The van der Waals surface area contributed by atoms with Crippen LogP contribution < -0.4 is 56.7 Å². The first-order valence-corrected chi connectivity index (χ1v) is 39.1. The summed E-state index contributed by atoms with van der Waals surface area (Å²) in [5.41, 5.74) is 3.47. The number of phenolic OH excluding ortho intramolecular Hbond substituents is 1. The molecule has 116 heavy (non-hydrogen) atoms. The fourth-order valence-electron chi connectivity index (χ4n) is 10.6. The summed E-state index contributed by atoms with van der Waals surface area (Å²) in [6.45, 7) is 19.7. The Morgan fingerprint density at radius 3 is 0.767 bits per heavy atom. The molecule has 0 radical (unpaired) electrons. The van der Waals surface area contributed by atoms with Gasteiger partial charge in [-0.05, 0) is 130 Å². The Balaban J connectivity index is -0.000000468. The average Bonchev–Trinajstić information content (AvgIpc) is 0.927. The summed E-state index contributed by atoms with van der Waals surface area (Å²) in [5.74, 6) is -0.878. The van der Waals surface area contributed by atoms with Gasteiger partial charge in [-0.1, -0.05) is 185 Å². The lowest BCUT2D eigenvalue weighted by Crippen LogP contribution is -2.48. The lowest BCUT2D eigenvalue weighted by Gasteiger charge is -2.19. The molecule has 4 atom stereocenters. The van der Waals surface area contributed by atoms with Crippen molar-refractivity contribution in [2.24, 2.45) is 0 Å². The standard InChI is InChI=1S/C21H32N2O9.C21H34N2O7.C21H34N2O3.C18H28N2O3.5CH4/c1-2-3-4-11-22-21(27)18(23-19(24)9-10-20(25)26)12-15-5-7-16(8-6-15)32-17(13-30-28)14-31-29;1-3-5-6-12-22-21(25)19(23-20(24)7-4-2)13-16-8-10-17(11-9-16)30-18(14-28-26)15-29-27;1-5-7-8-14-22-21(25)19(23-20(24)9-6-2)15-17-10-12-18(13-11-17)26-16(3)4;1-3-5-6-12-19-18(23)16(20-17(22)7-4-2)13-14-8-10-15(21)11-9-14;;;;;/h5-8,17-18,28-29H,2-4,9-14H2,1H3,(H,22,27)(H,23,24)(H,25,26);8-11,18-19,26-27H,3-7,12-15H2,1-2H3,(H,22,25)(H,23,24);10-13,16,19H,5-9,14-15H2,1-4H3,(H,22,25)(H,23,24);8-11,16,21H,3-7,12-13H2,1-2H3,(H,19,23)(H,20,22);5*1H4/t;;19-;16-;;;;;/m..00...../s1. The van der Waals surface area contributed by atoms with Gasteiger partial charge in [0.05, 0.1) is 12.5 Å². The molecule has 0 aromatic heterocycles. The van der Waals surface area contributed by atoms with Crippen molar-refractivity contribution in [2.45, 2.75) is 296 Å². The van der Waals surface area contributed by atoms with Gasteiger partial charge in [0.2, 0.25) is 47.3 Å². The Bertz CT molecular complexity index is 3160. The zero-order valence-corrected chi connectivity index (χ0v) is 66.6. The van der Waals surface area contributed by atoms with Crippen LogP contribution in [0, 0.1) is 0 Å². The van der Waals surface area contributed by atoms with Crippen molar-refractivity contribution in [1.82, 2.24) is 42.5 Å². The topological polar surface area (TPSA) is 436 Å². The molecule has 0 aliphatic heterocycles. The van der Waals surface area contributed by atoms with Crippen LogP contribution in [0.15, 0.2) is 97.1 Å². The van der Waals surface area contributed by atoms with Crippen LogP contribution in [0.2, 0.25) is 0 Å². The van der Waals surface area contributed by atoms with Gasteiger partial charge in [-0.25, -0.2) is 19.6 Å². The van der Waals surface area contributed by atoms with Crippen molar-refractivity contribution in [3.8, 4) is 23.0 Å². The molecule has 4 aromatic rings. The molecule has 4 rings (SSSR count). The first-order valence-electron chi connectivity index (χ1n) is 39.1. The van der Waals surface area contributed by atoms with E-state index in [2.05, 4.69) is 89.8 Å². The van der Waals surface area contributed by atoms with E-state index < -0.39 is 48.3 Å². The first-order chi connectivity index (χ1) is 53.4. The summed E-state index contributed by atoms with van der Waals surface area (Å²) < 4.78 is 16.7. The monoisotopic (exact) mass is 1650 g/mol. The van der Waals surface area contributed by atoms with Crippen LogP contribution in [0.25, 0.3) is 0 Å². The van der Waals surface area contributed by atoms with Crippen LogP contribution in [0.1, 0.15) is 250 Å². The van der Waals surface area contributed by atoms with Gasteiger partial charge in [0.1, 0.15) is 73.6 Å². The number of hydrogen-bond donors (Lipinski definition) is 14. The molecule has 8 amide bonds. The molecule has 0 saturated carbocycles. The van der Waals surface area contributed by atoms with Crippen molar-refractivity contribution < 1.29 is 108 Å². The molecule has 2 unspecified atom stereocenters. The number of ether oxygens (including phenoxy) is 3. The summed E-state index contributed by atoms with van der Waals surface area (Å²) in [6, 6.07) is 25.4. The number of nitrogens with one attached hydrogen (secondary N) is 8. The van der Waals surface area contributed by atoms with E-state index in [1.54, 1.807) is 72.8 Å². The van der Waals surface area contributed by atoms with Crippen LogP contribution in [0.4, 0.5) is 0 Å². The highest BCUT2D eigenvalue weighted by atomic mass is 17.1. The molecule has 0 spiro atoms. The zero-order valence-electron chi connectivity index (χ0n) is 66.6. The Kier molecular flexibility index (Phi) is 73.3. The highest BCUT2D eigenvalue weighted by Crippen LogP contribution is 2.20. The molecular formula is C86H148N8O22. The molecule has 0 aliphatic rings. The Morgan fingerprint density at radius 1 is 0.319 bits per heavy atom. The van der Waals surface area contributed by atoms with E-state index in [0.717, 1.165) is 118 Å². The van der Waals surface area contributed by atoms with E-state index in [-0.39, 0.29) is 136 Å². The number of carbonyl (C=O) groups is 9. The number of hydrogen-bond acceptors (Lipinski definition) is 21. The third-order valence-electron chi connectivity index (χ3n) is 16.4. The minimum Gasteiger partial charge on any atom is -0.508 e. The molecule has 30 heteroatoms. The van der Waals surface area contributed by atoms with Crippen LogP contribution >= 0.6 is 0 Å². The SMILES string of the molecule is C.C.C.C.C.CCCCCNC(=O)C(Cc1ccc(OC(COO)COO)cc1)NC(=O)CCC.CCCCCNC(=O)C(Cc1ccc(OC(COO)COO)cc1)NC(=O)CCC(=O)O.CCCCCNC(=O)[C@H](Cc1ccc(O)cc1)NC(=O)CCC.CCCCCNC(=O)[C@H](Cc1ccc(OC(C)C)cc1)NC(=O)CCC. The summed E-state index contributed by atoms with van der Waals surface area (Å²) in [6.07, 6.45) is 15.1. The summed E-state index contributed by atoms with van der Waals surface area (Å²) in [5, 5.41) is 74.9. The van der Waals surface area contributed by atoms with E-state index in [1.807, 2.05) is 58.9 Å². The second-order valence-electron chi connectivity index (χ2n) is 26.9. The number of aliphatic carboxylic acids is 1. The van der Waals surface area contributed by atoms with Gasteiger partial charge in [0.15, 0.2) is 12.2 Å². The van der Waals surface area contributed by atoms with Crippen LogP contribution in [-0.4, -0.2) is 180 Å². The van der Waals surface area contributed by atoms with Gasteiger partial charge >= 0.3 is 5.97 Å². The smallest absolute Gasteiger partial charge is 0.303 e.